The van der Waals surface area contributed by atoms with Crippen LogP contribution in [0, 0.1) is 6.92 Å². The Balaban J connectivity index is 2.18. The summed E-state index contributed by atoms with van der Waals surface area (Å²) in [5.74, 6) is 0.953. The smallest absolute Gasteiger partial charge is 0.172 e. The van der Waals surface area contributed by atoms with Gasteiger partial charge in [-0.1, -0.05) is 23.2 Å². The molecule has 3 rings (SSSR count). The molecule has 5 nitrogen and oxygen atoms in total. The van der Waals surface area contributed by atoms with Crippen molar-refractivity contribution in [2.24, 2.45) is 0 Å². The van der Waals surface area contributed by atoms with E-state index >= 15 is 0 Å². The van der Waals surface area contributed by atoms with Gasteiger partial charge in [-0.3, -0.25) is 4.79 Å². The number of hydrogen-bond donors (Lipinski definition) is 0. The van der Waals surface area contributed by atoms with Crippen molar-refractivity contribution in [1.29, 1.82) is 0 Å². The summed E-state index contributed by atoms with van der Waals surface area (Å²) in [6, 6.07) is 3.67. The van der Waals surface area contributed by atoms with Crippen molar-refractivity contribution < 1.29 is 9.53 Å². The number of methoxy groups -OCH3 is 1. The van der Waals surface area contributed by atoms with Crippen LogP contribution in [0.25, 0.3) is 5.69 Å². The summed E-state index contributed by atoms with van der Waals surface area (Å²) in [6.07, 6.45) is 4.06. The van der Waals surface area contributed by atoms with Gasteiger partial charge in [-0.2, -0.15) is 0 Å². The third-order valence-electron chi connectivity index (χ3n) is 4.02. The summed E-state index contributed by atoms with van der Waals surface area (Å²) in [5.41, 5.74) is 2.97. The van der Waals surface area contributed by atoms with E-state index in [0.29, 0.717) is 22.4 Å². The maximum absolute atomic E-state index is 11.2. The molecule has 1 aromatic carbocycles. The Kier molecular flexibility index (Phi) is 3.68. The van der Waals surface area contributed by atoms with Crippen LogP contribution in [0.3, 0.4) is 0 Å². The molecule has 0 radical (unpaired) electrons. The molecule has 0 N–H and O–H groups in total. The molecule has 1 heterocycles. The van der Waals surface area contributed by atoms with Crippen LogP contribution in [0.15, 0.2) is 12.1 Å². The Morgan fingerprint density at radius 1 is 1.43 bits per heavy atom. The van der Waals surface area contributed by atoms with Gasteiger partial charge in [-0.15, -0.1) is 5.10 Å². The molecule has 0 bridgehead atoms. The highest BCUT2D eigenvalue weighted by Gasteiger charge is 2.29. The minimum absolute atomic E-state index is 0.334. The number of benzene rings is 1. The van der Waals surface area contributed by atoms with E-state index in [1.54, 1.807) is 17.9 Å². The molecule has 21 heavy (non-hydrogen) atoms. The Labute approximate surface area is 127 Å². The molecular weight excluding hydrogens is 290 g/mol. The van der Waals surface area contributed by atoms with Crippen molar-refractivity contribution in [2.75, 3.05) is 7.11 Å². The first-order valence-electron chi connectivity index (χ1n) is 6.91. The van der Waals surface area contributed by atoms with Crippen LogP contribution in [0.1, 0.15) is 46.9 Å². The van der Waals surface area contributed by atoms with Crippen LogP contribution in [0.2, 0.25) is 5.02 Å². The summed E-state index contributed by atoms with van der Waals surface area (Å²) in [4.78, 5) is 11.2. The quantitative estimate of drug-likeness (QED) is 0.813. The lowest BCUT2D eigenvalue weighted by molar-refractivity contribution is 0.111. The largest absolute Gasteiger partial charge is 0.494 e. The Hall–Kier alpha value is -1.88. The first kappa shape index (κ1) is 14.1. The summed E-state index contributed by atoms with van der Waals surface area (Å²) in [5, 5.41) is 8.79. The number of aryl methyl sites for hydroxylation is 1. The second-order valence-corrected chi connectivity index (χ2v) is 5.70. The molecule has 1 aromatic heterocycles. The molecule has 0 amide bonds. The number of carbonyl (C=O) groups is 1. The number of aromatic nitrogens is 3. The Bertz CT molecular complexity index is 692. The second-order valence-electron chi connectivity index (χ2n) is 5.29. The van der Waals surface area contributed by atoms with E-state index in [0.717, 1.165) is 36.1 Å². The van der Waals surface area contributed by atoms with Gasteiger partial charge in [0.2, 0.25) is 0 Å². The number of halogens is 1. The fraction of sp³-hybridized carbons (Fsp3) is 0.400. The van der Waals surface area contributed by atoms with E-state index in [2.05, 4.69) is 10.3 Å². The van der Waals surface area contributed by atoms with E-state index in [4.69, 9.17) is 16.3 Å². The average Bonchev–Trinajstić information content (AvgIpc) is 2.83. The van der Waals surface area contributed by atoms with Gasteiger partial charge >= 0.3 is 0 Å². The van der Waals surface area contributed by atoms with Crippen LogP contribution in [-0.4, -0.2) is 28.4 Å². The van der Waals surface area contributed by atoms with E-state index in [-0.39, 0.29) is 0 Å². The minimum atomic E-state index is 0.334. The van der Waals surface area contributed by atoms with Crippen molar-refractivity contribution in [2.45, 2.75) is 32.1 Å². The van der Waals surface area contributed by atoms with Gasteiger partial charge in [0.25, 0.3) is 0 Å². The molecule has 0 atom stereocenters. The topological polar surface area (TPSA) is 57.0 Å². The van der Waals surface area contributed by atoms with E-state index in [1.807, 2.05) is 13.0 Å². The van der Waals surface area contributed by atoms with E-state index in [1.165, 1.54) is 6.42 Å². The number of nitrogens with zero attached hydrogens (tertiary/aromatic N) is 3. The molecule has 1 fully saturated rings. The molecule has 6 heteroatoms. The summed E-state index contributed by atoms with van der Waals surface area (Å²) in [7, 11) is 1.59. The summed E-state index contributed by atoms with van der Waals surface area (Å²) in [6.45, 7) is 1.92. The van der Waals surface area contributed by atoms with Gasteiger partial charge in [-0.25, -0.2) is 4.68 Å². The van der Waals surface area contributed by atoms with Gasteiger partial charge in [0.15, 0.2) is 6.29 Å². The summed E-state index contributed by atoms with van der Waals surface area (Å²) < 4.78 is 7.12. The lowest BCUT2D eigenvalue weighted by Crippen LogP contribution is -2.16. The van der Waals surface area contributed by atoms with Crippen molar-refractivity contribution in [3.8, 4) is 11.4 Å². The SMILES string of the molecule is COc1cc(Cl)c(C)cc1-n1nnc(C=O)c1C1CCC1. The highest BCUT2D eigenvalue weighted by Crippen LogP contribution is 2.39. The minimum Gasteiger partial charge on any atom is -0.494 e. The van der Waals surface area contributed by atoms with Crippen molar-refractivity contribution in [3.05, 3.63) is 34.1 Å². The van der Waals surface area contributed by atoms with Crippen molar-refractivity contribution >= 4 is 17.9 Å². The zero-order valence-electron chi connectivity index (χ0n) is 12.0. The molecular formula is C15H16ClN3O2. The Morgan fingerprint density at radius 2 is 2.19 bits per heavy atom. The average molecular weight is 306 g/mol. The van der Waals surface area contributed by atoms with Gasteiger partial charge in [-0.05, 0) is 31.4 Å². The van der Waals surface area contributed by atoms with E-state index in [9.17, 15) is 4.79 Å². The molecule has 110 valence electrons. The van der Waals surface area contributed by atoms with Crippen molar-refractivity contribution in [3.63, 3.8) is 0 Å². The fourth-order valence-corrected chi connectivity index (χ4v) is 2.76. The number of carbonyl (C=O) groups excluding carboxylic acids is 1. The third-order valence-corrected chi connectivity index (χ3v) is 4.43. The van der Waals surface area contributed by atoms with Gasteiger partial charge in [0.1, 0.15) is 17.1 Å². The standard InChI is InChI=1S/C15H16ClN3O2/c1-9-6-13(14(21-2)7-11(9)16)19-15(10-4-3-5-10)12(8-20)17-18-19/h6-8,10H,3-5H2,1-2H3. The monoisotopic (exact) mass is 305 g/mol. The lowest BCUT2D eigenvalue weighted by atomic mass is 9.82. The molecule has 1 aliphatic rings. The van der Waals surface area contributed by atoms with Crippen molar-refractivity contribution in [1.82, 2.24) is 15.0 Å². The second kappa shape index (κ2) is 5.48. The number of aldehydes is 1. The van der Waals surface area contributed by atoms with Crippen LogP contribution >= 0.6 is 11.6 Å². The zero-order valence-corrected chi connectivity index (χ0v) is 12.7. The molecule has 1 saturated carbocycles. The fourth-order valence-electron chi connectivity index (χ4n) is 2.60. The van der Waals surface area contributed by atoms with Crippen LogP contribution in [-0.2, 0) is 0 Å². The first-order valence-corrected chi connectivity index (χ1v) is 7.28. The normalized spacial score (nSPS) is 14.8. The first-order chi connectivity index (χ1) is 10.2. The zero-order chi connectivity index (χ0) is 15.0. The highest BCUT2D eigenvalue weighted by atomic mass is 35.5. The number of hydrogen-bond acceptors (Lipinski definition) is 4. The third kappa shape index (κ3) is 2.31. The maximum Gasteiger partial charge on any atom is 0.172 e. The molecule has 1 aliphatic carbocycles. The molecule has 0 spiro atoms. The van der Waals surface area contributed by atoms with Crippen LogP contribution in [0.5, 0.6) is 5.75 Å². The van der Waals surface area contributed by atoms with Crippen LogP contribution in [0.4, 0.5) is 0 Å². The van der Waals surface area contributed by atoms with Gasteiger partial charge in [0.05, 0.1) is 12.8 Å². The van der Waals surface area contributed by atoms with E-state index < -0.39 is 0 Å². The number of rotatable bonds is 4. The molecule has 2 aromatic rings. The number of ether oxygens (including phenoxy) is 1. The van der Waals surface area contributed by atoms with Crippen LogP contribution < -0.4 is 4.74 Å². The lowest BCUT2D eigenvalue weighted by Gasteiger charge is -2.26. The maximum atomic E-state index is 11.2. The Morgan fingerprint density at radius 3 is 2.76 bits per heavy atom. The van der Waals surface area contributed by atoms with Gasteiger partial charge in [0, 0.05) is 17.0 Å². The predicted molar refractivity (Wildman–Crippen MR) is 79.6 cm³/mol. The molecule has 0 aliphatic heterocycles. The summed E-state index contributed by atoms with van der Waals surface area (Å²) >= 11 is 6.14. The van der Waals surface area contributed by atoms with Gasteiger partial charge < -0.3 is 4.74 Å². The predicted octanol–water partition coefficient (Wildman–Crippen LogP) is 3.32. The highest BCUT2D eigenvalue weighted by molar-refractivity contribution is 6.31. The molecule has 0 saturated heterocycles. The molecule has 0 unspecified atom stereocenters.